The highest BCUT2D eigenvalue weighted by atomic mass is 16.5. The standard InChI is InChI=1S/C16H21NO2/c1-3-19-16(18)15-10-7-11-17(15)12-13(2)14-8-5-4-6-9-14/h4-6,8-9,12,15H,3,7,10-11H2,1-2H3/b13-12+/t15-/m0/s1. The summed E-state index contributed by atoms with van der Waals surface area (Å²) in [6.07, 6.45) is 4.02. The fraction of sp³-hybridized carbons (Fsp3) is 0.438. The normalized spacial score (nSPS) is 19.6. The van der Waals surface area contributed by atoms with Gasteiger partial charge in [0.25, 0.3) is 0 Å². The fourth-order valence-corrected chi connectivity index (χ4v) is 2.46. The van der Waals surface area contributed by atoms with Crippen LogP contribution < -0.4 is 0 Å². The Balaban J connectivity index is 2.10. The Kier molecular flexibility index (Phi) is 4.61. The molecule has 0 aromatic heterocycles. The van der Waals surface area contributed by atoms with Gasteiger partial charge in [-0.05, 0) is 37.8 Å². The first-order valence-electron chi connectivity index (χ1n) is 6.88. The molecule has 1 heterocycles. The molecule has 0 amide bonds. The second-order valence-electron chi connectivity index (χ2n) is 4.83. The summed E-state index contributed by atoms with van der Waals surface area (Å²) < 4.78 is 5.13. The molecule has 1 aromatic rings. The third kappa shape index (κ3) is 3.37. The fourth-order valence-electron chi connectivity index (χ4n) is 2.46. The molecule has 3 nitrogen and oxygen atoms in total. The molecule has 19 heavy (non-hydrogen) atoms. The van der Waals surface area contributed by atoms with Crippen LogP contribution in [-0.4, -0.2) is 30.1 Å². The number of rotatable bonds is 4. The highest BCUT2D eigenvalue weighted by Gasteiger charge is 2.29. The van der Waals surface area contributed by atoms with Gasteiger partial charge in [0, 0.05) is 12.7 Å². The van der Waals surface area contributed by atoms with Crippen LogP contribution in [0.25, 0.3) is 5.57 Å². The van der Waals surface area contributed by atoms with E-state index in [1.165, 1.54) is 11.1 Å². The van der Waals surface area contributed by atoms with Crippen molar-refractivity contribution in [1.29, 1.82) is 0 Å². The summed E-state index contributed by atoms with van der Waals surface area (Å²) in [4.78, 5) is 14.0. The van der Waals surface area contributed by atoms with Gasteiger partial charge in [0.2, 0.25) is 0 Å². The van der Waals surface area contributed by atoms with Gasteiger partial charge in [-0.1, -0.05) is 30.3 Å². The summed E-state index contributed by atoms with van der Waals surface area (Å²) in [6, 6.07) is 10.1. The predicted octanol–water partition coefficient (Wildman–Crippen LogP) is 3.07. The SMILES string of the molecule is CCOC(=O)[C@@H]1CCCN1/C=C(\C)c1ccccc1. The lowest BCUT2D eigenvalue weighted by atomic mass is 10.1. The number of ether oxygens (including phenoxy) is 1. The summed E-state index contributed by atoms with van der Waals surface area (Å²) in [5.74, 6) is -0.0999. The molecule has 1 fully saturated rings. The van der Waals surface area contributed by atoms with Crippen molar-refractivity contribution < 1.29 is 9.53 Å². The van der Waals surface area contributed by atoms with Crippen LogP contribution >= 0.6 is 0 Å². The number of allylic oxidation sites excluding steroid dienone is 1. The monoisotopic (exact) mass is 259 g/mol. The lowest BCUT2D eigenvalue weighted by Gasteiger charge is -2.22. The van der Waals surface area contributed by atoms with E-state index < -0.39 is 0 Å². The van der Waals surface area contributed by atoms with Gasteiger partial charge in [0.1, 0.15) is 6.04 Å². The number of likely N-dealkylation sites (tertiary alicyclic amines) is 1. The summed E-state index contributed by atoms with van der Waals surface area (Å²) >= 11 is 0. The van der Waals surface area contributed by atoms with Gasteiger partial charge < -0.3 is 9.64 Å². The molecule has 0 bridgehead atoms. The van der Waals surface area contributed by atoms with Crippen LogP contribution in [0.2, 0.25) is 0 Å². The highest BCUT2D eigenvalue weighted by Crippen LogP contribution is 2.22. The molecular formula is C16H21NO2. The summed E-state index contributed by atoms with van der Waals surface area (Å²) in [5.41, 5.74) is 2.37. The smallest absolute Gasteiger partial charge is 0.328 e. The Hall–Kier alpha value is -1.77. The van der Waals surface area contributed by atoms with Crippen molar-refractivity contribution in [2.24, 2.45) is 0 Å². The van der Waals surface area contributed by atoms with E-state index in [0.29, 0.717) is 6.61 Å². The van der Waals surface area contributed by atoms with Gasteiger partial charge in [-0.3, -0.25) is 0 Å². The van der Waals surface area contributed by atoms with Crippen molar-refractivity contribution in [3.63, 3.8) is 0 Å². The van der Waals surface area contributed by atoms with E-state index >= 15 is 0 Å². The van der Waals surface area contributed by atoms with Gasteiger partial charge >= 0.3 is 5.97 Å². The molecule has 0 saturated carbocycles. The average molecular weight is 259 g/mol. The Morgan fingerprint density at radius 3 is 2.84 bits per heavy atom. The second-order valence-corrected chi connectivity index (χ2v) is 4.83. The number of hydrogen-bond donors (Lipinski definition) is 0. The van der Waals surface area contributed by atoms with E-state index in [2.05, 4.69) is 30.2 Å². The third-order valence-electron chi connectivity index (χ3n) is 3.44. The number of carbonyl (C=O) groups is 1. The minimum atomic E-state index is -0.112. The Labute approximate surface area is 114 Å². The van der Waals surface area contributed by atoms with Gasteiger partial charge in [0.05, 0.1) is 6.61 Å². The van der Waals surface area contributed by atoms with E-state index in [-0.39, 0.29) is 12.0 Å². The van der Waals surface area contributed by atoms with E-state index in [1.807, 2.05) is 25.1 Å². The largest absolute Gasteiger partial charge is 0.464 e. The zero-order valence-corrected chi connectivity index (χ0v) is 11.6. The molecule has 102 valence electrons. The minimum absolute atomic E-state index is 0.0999. The van der Waals surface area contributed by atoms with Crippen LogP contribution in [0.4, 0.5) is 0 Å². The molecule has 2 rings (SSSR count). The van der Waals surface area contributed by atoms with Crippen LogP contribution in [-0.2, 0) is 9.53 Å². The van der Waals surface area contributed by atoms with Gasteiger partial charge in [-0.2, -0.15) is 0 Å². The van der Waals surface area contributed by atoms with Gasteiger partial charge in [-0.25, -0.2) is 4.79 Å². The molecule has 0 N–H and O–H groups in total. The molecule has 1 saturated heterocycles. The number of benzene rings is 1. The minimum Gasteiger partial charge on any atom is -0.464 e. The zero-order chi connectivity index (χ0) is 13.7. The highest BCUT2D eigenvalue weighted by molar-refractivity contribution is 5.77. The van der Waals surface area contributed by atoms with Crippen molar-refractivity contribution in [3.8, 4) is 0 Å². The molecule has 1 atom stereocenters. The number of nitrogens with zero attached hydrogens (tertiary/aromatic N) is 1. The maximum atomic E-state index is 11.9. The molecular weight excluding hydrogens is 238 g/mol. The molecule has 1 aliphatic rings. The van der Waals surface area contributed by atoms with E-state index in [0.717, 1.165) is 19.4 Å². The molecule has 1 aliphatic heterocycles. The lowest BCUT2D eigenvalue weighted by molar-refractivity contribution is -0.147. The quantitative estimate of drug-likeness (QED) is 0.778. The van der Waals surface area contributed by atoms with Crippen LogP contribution in [0.15, 0.2) is 36.5 Å². The van der Waals surface area contributed by atoms with E-state index in [1.54, 1.807) is 0 Å². The first-order valence-corrected chi connectivity index (χ1v) is 6.88. The van der Waals surface area contributed by atoms with Crippen molar-refractivity contribution in [2.75, 3.05) is 13.2 Å². The number of esters is 1. The lowest BCUT2D eigenvalue weighted by Crippen LogP contribution is -2.33. The zero-order valence-electron chi connectivity index (χ0n) is 11.6. The first-order chi connectivity index (χ1) is 9.22. The third-order valence-corrected chi connectivity index (χ3v) is 3.44. The van der Waals surface area contributed by atoms with Crippen LogP contribution in [0.3, 0.4) is 0 Å². The summed E-state index contributed by atoms with van der Waals surface area (Å²) in [5, 5.41) is 0. The average Bonchev–Trinajstić information content (AvgIpc) is 2.88. The van der Waals surface area contributed by atoms with E-state index in [9.17, 15) is 4.79 Å². The predicted molar refractivity (Wildman–Crippen MR) is 76.5 cm³/mol. The molecule has 3 heteroatoms. The van der Waals surface area contributed by atoms with Crippen molar-refractivity contribution in [1.82, 2.24) is 4.90 Å². The maximum absolute atomic E-state index is 11.9. The Morgan fingerprint density at radius 2 is 2.16 bits per heavy atom. The van der Waals surface area contributed by atoms with Crippen LogP contribution in [0.1, 0.15) is 32.3 Å². The molecule has 0 aliphatic carbocycles. The number of carbonyl (C=O) groups excluding carboxylic acids is 1. The second kappa shape index (κ2) is 6.41. The van der Waals surface area contributed by atoms with Gasteiger partial charge in [-0.15, -0.1) is 0 Å². The Morgan fingerprint density at radius 1 is 1.42 bits per heavy atom. The summed E-state index contributed by atoms with van der Waals surface area (Å²) in [7, 11) is 0. The van der Waals surface area contributed by atoms with Gasteiger partial charge in [0.15, 0.2) is 0 Å². The van der Waals surface area contributed by atoms with Crippen molar-refractivity contribution in [2.45, 2.75) is 32.7 Å². The summed E-state index contributed by atoms with van der Waals surface area (Å²) in [6.45, 7) is 5.30. The molecule has 0 unspecified atom stereocenters. The molecule has 0 spiro atoms. The topological polar surface area (TPSA) is 29.5 Å². The first kappa shape index (κ1) is 13.7. The number of hydrogen-bond acceptors (Lipinski definition) is 3. The van der Waals surface area contributed by atoms with E-state index in [4.69, 9.17) is 4.74 Å². The van der Waals surface area contributed by atoms with Crippen LogP contribution in [0.5, 0.6) is 0 Å². The van der Waals surface area contributed by atoms with Crippen molar-refractivity contribution >= 4 is 11.5 Å². The Bertz CT molecular complexity index is 453. The van der Waals surface area contributed by atoms with Crippen molar-refractivity contribution in [3.05, 3.63) is 42.1 Å². The maximum Gasteiger partial charge on any atom is 0.328 e. The van der Waals surface area contributed by atoms with Crippen LogP contribution in [0, 0.1) is 0 Å². The molecule has 1 aromatic carbocycles. The molecule has 0 radical (unpaired) electrons.